The lowest BCUT2D eigenvalue weighted by molar-refractivity contribution is 0.0783. The van der Waals surface area contributed by atoms with E-state index in [1.54, 1.807) is 0 Å². The van der Waals surface area contributed by atoms with E-state index in [4.69, 9.17) is 0 Å². The molecule has 0 spiro atoms. The zero-order valence-electron chi connectivity index (χ0n) is 16.5. The Kier molecular flexibility index (Phi) is 4.96. The highest BCUT2D eigenvalue weighted by molar-refractivity contribution is 6.00. The molecule has 6 heteroatoms. The maximum atomic E-state index is 13.4. The molecular weight excluding hydrogens is 350 g/mol. The van der Waals surface area contributed by atoms with Crippen molar-refractivity contribution in [2.75, 3.05) is 27.2 Å². The van der Waals surface area contributed by atoms with Gasteiger partial charge in [-0.05, 0) is 32.6 Å². The predicted octanol–water partition coefficient (Wildman–Crippen LogP) is 2.95. The van der Waals surface area contributed by atoms with Gasteiger partial charge in [0.2, 0.25) is 0 Å². The summed E-state index contributed by atoms with van der Waals surface area (Å²) in [5.41, 5.74) is 3.96. The normalized spacial score (nSPS) is 19.4. The Morgan fingerprint density at radius 2 is 1.86 bits per heavy atom. The van der Waals surface area contributed by atoms with E-state index < -0.39 is 0 Å². The van der Waals surface area contributed by atoms with Gasteiger partial charge in [0.15, 0.2) is 5.82 Å². The van der Waals surface area contributed by atoms with E-state index >= 15 is 0 Å². The van der Waals surface area contributed by atoms with Gasteiger partial charge in [0.05, 0.1) is 5.56 Å². The van der Waals surface area contributed by atoms with Crippen LogP contribution >= 0.6 is 0 Å². The molecule has 6 nitrogen and oxygen atoms in total. The van der Waals surface area contributed by atoms with Crippen molar-refractivity contribution in [3.8, 4) is 11.4 Å². The second kappa shape index (κ2) is 7.56. The highest BCUT2D eigenvalue weighted by Gasteiger charge is 2.38. The van der Waals surface area contributed by atoms with E-state index in [0.29, 0.717) is 24.5 Å². The summed E-state index contributed by atoms with van der Waals surface area (Å²) in [5, 5.41) is 6.79. The lowest BCUT2D eigenvalue weighted by Crippen LogP contribution is -2.36. The first kappa shape index (κ1) is 18.4. The number of nitrogens with one attached hydrogen (secondary N) is 1. The number of aryl methyl sites for hydroxylation is 1. The number of hydrogen-bond acceptors (Lipinski definition) is 4. The largest absolute Gasteiger partial charge is 0.336 e. The van der Waals surface area contributed by atoms with E-state index in [1.165, 1.54) is 17.5 Å². The highest BCUT2D eigenvalue weighted by atomic mass is 16.2. The lowest BCUT2D eigenvalue weighted by Gasteiger charge is -2.25. The van der Waals surface area contributed by atoms with E-state index in [-0.39, 0.29) is 17.9 Å². The number of nitrogens with zero attached hydrogens (tertiary/aromatic N) is 4. The van der Waals surface area contributed by atoms with Crippen LogP contribution in [0.3, 0.4) is 0 Å². The Morgan fingerprint density at radius 1 is 1.11 bits per heavy atom. The van der Waals surface area contributed by atoms with Crippen molar-refractivity contribution in [1.29, 1.82) is 0 Å². The minimum Gasteiger partial charge on any atom is -0.336 e. The molecule has 1 saturated heterocycles. The third kappa shape index (κ3) is 3.43. The zero-order valence-corrected chi connectivity index (χ0v) is 16.5. The first-order chi connectivity index (χ1) is 13.5. The molecule has 3 aromatic rings. The summed E-state index contributed by atoms with van der Waals surface area (Å²) < 4.78 is 0. The molecule has 0 bridgehead atoms. The fourth-order valence-electron chi connectivity index (χ4n) is 4.00. The van der Waals surface area contributed by atoms with Crippen molar-refractivity contribution in [2.45, 2.75) is 18.9 Å². The molecule has 0 saturated carbocycles. The average Bonchev–Trinajstić information content (AvgIpc) is 3.38. The topological polar surface area (TPSA) is 65.1 Å². The van der Waals surface area contributed by atoms with E-state index in [0.717, 1.165) is 5.56 Å². The Hall–Kier alpha value is -2.99. The van der Waals surface area contributed by atoms with Crippen LogP contribution in [0.4, 0.5) is 0 Å². The molecule has 1 aromatic heterocycles. The number of carbonyl (C=O) groups is 1. The average molecular weight is 375 g/mol. The second-order valence-corrected chi connectivity index (χ2v) is 7.64. The van der Waals surface area contributed by atoms with Gasteiger partial charge in [0.1, 0.15) is 6.33 Å². The molecule has 0 aliphatic carbocycles. The van der Waals surface area contributed by atoms with Crippen LogP contribution in [0.1, 0.15) is 27.4 Å². The van der Waals surface area contributed by atoms with Crippen LogP contribution in [0, 0.1) is 6.92 Å². The third-order valence-electron chi connectivity index (χ3n) is 5.57. The summed E-state index contributed by atoms with van der Waals surface area (Å²) in [6, 6.07) is 16.5. The van der Waals surface area contributed by atoms with Gasteiger partial charge in [-0.1, -0.05) is 48.0 Å². The summed E-state index contributed by atoms with van der Waals surface area (Å²) in [7, 11) is 4.17. The van der Waals surface area contributed by atoms with Gasteiger partial charge in [0.25, 0.3) is 5.91 Å². The molecule has 2 atom stereocenters. The van der Waals surface area contributed by atoms with Crippen LogP contribution in [0.15, 0.2) is 54.9 Å². The fraction of sp³-hybridized carbons (Fsp3) is 0.318. The van der Waals surface area contributed by atoms with Crippen LogP contribution in [-0.2, 0) is 0 Å². The Balaban J connectivity index is 1.64. The van der Waals surface area contributed by atoms with Crippen LogP contribution in [0.5, 0.6) is 0 Å². The summed E-state index contributed by atoms with van der Waals surface area (Å²) in [4.78, 5) is 21.8. The van der Waals surface area contributed by atoms with Crippen LogP contribution in [0.25, 0.3) is 11.4 Å². The molecule has 1 aliphatic heterocycles. The number of likely N-dealkylation sites (N-methyl/N-ethyl adjacent to an activating group) is 1. The van der Waals surface area contributed by atoms with Crippen LogP contribution in [-0.4, -0.2) is 64.1 Å². The summed E-state index contributed by atoms with van der Waals surface area (Å²) in [6.45, 7) is 3.50. The predicted molar refractivity (Wildman–Crippen MR) is 109 cm³/mol. The standard InChI is InChI=1S/C22H25N5O/c1-15-8-10-16(11-9-15)19-12-27(13-20(19)26(2)3)22(28)18-7-5-4-6-17(18)21-23-14-24-25-21/h4-11,14,19-20H,12-13H2,1-3H3,(H,23,24,25)/t19-,20+/m1/s1. The van der Waals surface area contributed by atoms with Gasteiger partial charge in [-0.25, -0.2) is 4.98 Å². The molecule has 2 heterocycles. The van der Waals surface area contributed by atoms with Crippen molar-refractivity contribution >= 4 is 5.91 Å². The number of hydrogen-bond donors (Lipinski definition) is 1. The number of amides is 1. The molecule has 1 N–H and O–H groups in total. The van der Waals surface area contributed by atoms with Crippen molar-refractivity contribution in [3.63, 3.8) is 0 Å². The molecule has 1 amide bonds. The number of aromatic amines is 1. The number of aromatic nitrogens is 3. The molecule has 1 fully saturated rings. The van der Waals surface area contributed by atoms with E-state index in [2.05, 4.69) is 65.4 Å². The Bertz CT molecular complexity index is 949. The van der Waals surface area contributed by atoms with Crippen LogP contribution in [0.2, 0.25) is 0 Å². The van der Waals surface area contributed by atoms with Crippen molar-refractivity contribution in [2.24, 2.45) is 0 Å². The number of benzene rings is 2. The molecule has 4 rings (SSSR count). The quantitative estimate of drug-likeness (QED) is 0.761. The monoisotopic (exact) mass is 375 g/mol. The van der Waals surface area contributed by atoms with Gasteiger partial charge < -0.3 is 9.80 Å². The molecule has 0 unspecified atom stereocenters. The molecule has 144 valence electrons. The van der Waals surface area contributed by atoms with Crippen molar-refractivity contribution < 1.29 is 4.79 Å². The molecule has 28 heavy (non-hydrogen) atoms. The fourth-order valence-corrected chi connectivity index (χ4v) is 4.00. The lowest BCUT2D eigenvalue weighted by atomic mass is 9.93. The molecule has 0 radical (unpaired) electrons. The Morgan fingerprint density at radius 3 is 2.54 bits per heavy atom. The maximum Gasteiger partial charge on any atom is 0.254 e. The summed E-state index contributed by atoms with van der Waals surface area (Å²) in [6.07, 6.45) is 1.46. The van der Waals surface area contributed by atoms with E-state index in [9.17, 15) is 4.79 Å². The van der Waals surface area contributed by atoms with Gasteiger partial charge in [-0.2, -0.15) is 5.10 Å². The zero-order chi connectivity index (χ0) is 19.7. The smallest absolute Gasteiger partial charge is 0.254 e. The summed E-state index contributed by atoms with van der Waals surface area (Å²) in [5.74, 6) is 0.938. The molecule has 2 aromatic carbocycles. The molecule has 1 aliphatic rings. The van der Waals surface area contributed by atoms with Gasteiger partial charge in [0, 0.05) is 30.6 Å². The Labute approximate surface area is 165 Å². The number of rotatable bonds is 4. The molecular formula is C22H25N5O. The minimum absolute atomic E-state index is 0.0356. The highest BCUT2D eigenvalue weighted by Crippen LogP contribution is 2.32. The first-order valence-corrected chi connectivity index (χ1v) is 9.51. The third-order valence-corrected chi connectivity index (χ3v) is 5.57. The van der Waals surface area contributed by atoms with Gasteiger partial charge >= 0.3 is 0 Å². The SMILES string of the molecule is Cc1ccc([C@H]2CN(C(=O)c3ccccc3-c3ncn[nH]3)C[C@@H]2N(C)C)cc1. The maximum absolute atomic E-state index is 13.4. The van der Waals surface area contributed by atoms with E-state index in [1.807, 2.05) is 29.2 Å². The van der Waals surface area contributed by atoms with Gasteiger partial charge in [-0.15, -0.1) is 0 Å². The first-order valence-electron chi connectivity index (χ1n) is 9.51. The van der Waals surface area contributed by atoms with Crippen molar-refractivity contribution in [1.82, 2.24) is 25.0 Å². The summed E-state index contributed by atoms with van der Waals surface area (Å²) >= 11 is 0. The number of carbonyl (C=O) groups excluding carboxylic acids is 1. The van der Waals surface area contributed by atoms with Gasteiger partial charge in [-0.3, -0.25) is 9.89 Å². The number of likely N-dealkylation sites (tertiary alicyclic amines) is 1. The van der Waals surface area contributed by atoms with Crippen LogP contribution < -0.4 is 0 Å². The number of H-pyrrole nitrogens is 1. The van der Waals surface area contributed by atoms with Crippen molar-refractivity contribution in [3.05, 3.63) is 71.5 Å². The minimum atomic E-state index is 0.0356. The second-order valence-electron chi connectivity index (χ2n) is 7.64.